The second-order valence-electron chi connectivity index (χ2n) is 7.32. The molecule has 29 heavy (non-hydrogen) atoms. The van der Waals surface area contributed by atoms with Crippen molar-refractivity contribution in [2.45, 2.75) is 6.54 Å². The van der Waals surface area contributed by atoms with Gasteiger partial charge in [0.25, 0.3) is 5.56 Å². The van der Waals surface area contributed by atoms with Crippen LogP contribution >= 0.6 is 0 Å². The van der Waals surface area contributed by atoms with Crippen molar-refractivity contribution in [1.29, 1.82) is 0 Å². The van der Waals surface area contributed by atoms with E-state index in [1.54, 1.807) is 36.4 Å². The summed E-state index contributed by atoms with van der Waals surface area (Å²) in [6.45, 7) is 1.67. The highest BCUT2D eigenvalue weighted by Gasteiger charge is 2.20. The van der Waals surface area contributed by atoms with Gasteiger partial charge in [-0.1, -0.05) is 12.1 Å². The molecule has 0 radical (unpaired) electrons. The first-order valence-electron chi connectivity index (χ1n) is 9.51. The van der Waals surface area contributed by atoms with Gasteiger partial charge in [-0.3, -0.25) is 18.6 Å². The lowest BCUT2D eigenvalue weighted by Gasteiger charge is -2.17. The molecule has 0 aliphatic rings. The Kier molecular flexibility index (Phi) is 4.81. The van der Waals surface area contributed by atoms with Gasteiger partial charge in [0, 0.05) is 37.3 Å². The van der Waals surface area contributed by atoms with E-state index in [0.717, 1.165) is 0 Å². The van der Waals surface area contributed by atoms with Crippen LogP contribution in [0.1, 0.15) is 0 Å². The number of nitrogens with one attached hydrogen (secondary N) is 1. The number of fused-ring (bicyclic) bond motifs is 2. The number of aromatic nitrogens is 2. The summed E-state index contributed by atoms with van der Waals surface area (Å²) in [5.41, 5.74) is 5.98. The zero-order chi connectivity index (χ0) is 20.7. The molecule has 0 fully saturated rings. The van der Waals surface area contributed by atoms with Crippen molar-refractivity contribution in [3.8, 4) is 0 Å². The van der Waals surface area contributed by atoms with E-state index < -0.39 is 5.69 Å². The van der Waals surface area contributed by atoms with E-state index in [4.69, 9.17) is 5.73 Å². The van der Waals surface area contributed by atoms with Gasteiger partial charge in [-0.25, -0.2) is 4.79 Å². The maximum Gasteiger partial charge on any atom is 0.336 e. The lowest BCUT2D eigenvalue weighted by Crippen LogP contribution is -2.40. The molecule has 3 N–H and O–H groups in total. The molecule has 2 aromatic heterocycles. The lowest BCUT2D eigenvalue weighted by atomic mass is 10.1. The molecular formula is C21H23N5O3. The van der Waals surface area contributed by atoms with Gasteiger partial charge in [0.05, 0.1) is 21.8 Å². The van der Waals surface area contributed by atoms with Crippen molar-refractivity contribution in [2.24, 2.45) is 5.73 Å². The van der Waals surface area contributed by atoms with Gasteiger partial charge >= 0.3 is 5.69 Å². The molecule has 4 rings (SSSR count). The van der Waals surface area contributed by atoms with Gasteiger partial charge in [0.1, 0.15) is 0 Å². The van der Waals surface area contributed by atoms with E-state index in [2.05, 4.69) is 5.32 Å². The molecule has 0 spiro atoms. The van der Waals surface area contributed by atoms with E-state index in [-0.39, 0.29) is 17.5 Å². The van der Waals surface area contributed by atoms with Crippen LogP contribution in [0, 0.1) is 0 Å². The van der Waals surface area contributed by atoms with E-state index in [0.29, 0.717) is 52.5 Å². The van der Waals surface area contributed by atoms with Crippen LogP contribution in [0.5, 0.6) is 0 Å². The van der Waals surface area contributed by atoms with Crippen molar-refractivity contribution < 1.29 is 0 Å². The number of nitrogens with two attached hydrogens (primary N) is 1. The number of para-hydroxylation sites is 1. The molecule has 0 atom stereocenters. The predicted molar refractivity (Wildman–Crippen MR) is 116 cm³/mol. The first-order chi connectivity index (χ1) is 14.0. The molecule has 150 valence electrons. The highest BCUT2D eigenvalue weighted by molar-refractivity contribution is 6.07. The first-order valence-corrected chi connectivity index (χ1v) is 9.51. The molecule has 0 unspecified atom stereocenters. The van der Waals surface area contributed by atoms with E-state index >= 15 is 0 Å². The zero-order valence-electron chi connectivity index (χ0n) is 16.4. The van der Waals surface area contributed by atoms with Gasteiger partial charge in [-0.2, -0.15) is 0 Å². The van der Waals surface area contributed by atoms with Crippen LogP contribution in [-0.2, 0) is 6.54 Å². The fourth-order valence-electron chi connectivity index (χ4n) is 3.74. The molecular weight excluding hydrogens is 370 g/mol. The summed E-state index contributed by atoms with van der Waals surface area (Å²) in [5, 5.41) is 4.26. The Morgan fingerprint density at radius 3 is 2.52 bits per heavy atom. The summed E-state index contributed by atoms with van der Waals surface area (Å²) < 4.78 is 2.73. The fraction of sp³-hybridized carbons (Fsp3) is 0.286. The normalized spacial score (nSPS) is 11.9. The van der Waals surface area contributed by atoms with Crippen molar-refractivity contribution in [2.75, 3.05) is 39.0 Å². The number of pyridine rings is 1. The molecule has 0 saturated heterocycles. The van der Waals surface area contributed by atoms with Crippen molar-refractivity contribution in [3.63, 3.8) is 0 Å². The van der Waals surface area contributed by atoms with Crippen LogP contribution in [-0.4, -0.2) is 47.6 Å². The quantitative estimate of drug-likeness (QED) is 0.365. The number of hydrogen-bond donors (Lipinski definition) is 2. The number of anilines is 1. The number of hydrogen-bond acceptors (Lipinski definition) is 6. The monoisotopic (exact) mass is 393 g/mol. The van der Waals surface area contributed by atoms with Gasteiger partial charge in [-0.05, 0) is 38.4 Å². The molecule has 8 heteroatoms. The van der Waals surface area contributed by atoms with Gasteiger partial charge in [-0.15, -0.1) is 0 Å². The Morgan fingerprint density at radius 1 is 1.03 bits per heavy atom. The van der Waals surface area contributed by atoms with Gasteiger partial charge in [0.2, 0.25) is 0 Å². The Bertz CT molecular complexity index is 1390. The predicted octanol–water partition coefficient (Wildman–Crippen LogP) is 0.498. The van der Waals surface area contributed by atoms with Crippen molar-refractivity contribution in [1.82, 2.24) is 13.9 Å². The highest BCUT2D eigenvalue weighted by Crippen LogP contribution is 2.26. The molecule has 0 saturated carbocycles. The maximum atomic E-state index is 13.4. The van der Waals surface area contributed by atoms with E-state index in [1.165, 1.54) is 8.97 Å². The number of likely N-dealkylation sites (N-methyl/N-ethyl adjacent to an activating group) is 1. The zero-order valence-corrected chi connectivity index (χ0v) is 16.4. The second-order valence-corrected chi connectivity index (χ2v) is 7.32. The molecule has 0 aliphatic carbocycles. The van der Waals surface area contributed by atoms with Crippen LogP contribution < -0.4 is 27.7 Å². The molecule has 8 nitrogen and oxygen atoms in total. The average molecular weight is 393 g/mol. The Labute approximate surface area is 166 Å². The fourth-order valence-corrected chi connectivity index (χ4v) is 3.74. The molecule has 0 aliphatic heterocycles. The van der Waals surface area contributed by atoms with Crippen LogP contribution in [0.2, 0.25) is 0 Å². The Hall–Kier alpha value is -3.23. The molecule has 2 heterocycles. The van der Waals surface area contributed by atoms with E-state index in [1.807, 2.05) is 19.0 Å². The number of nitrogens with zero attached hydrogens (tertiary/aromatic N) is 3. The average Bonchev–Trinajstić information content (AvgIpc) is 2.71. The maximum absolute atomic E-state index is 13.4. The van der Waals surface area contributed by atoms with E-state index in [9.17, 15) is 14.4 Å². The first kappa shape index (κ1) is 19.1. The second kappa shape index (κ2) is 7.31. The standard InChI is InChI=1S/C21H23N5O3/c1-24(2)11-12-25-20(28)14-7-8-15(23-10-9-22)17-18(14)26(21(25)29)16-6-4-3-5-13(16)19(17)27/h3-8,23H,9-12,22H2,1-2H3. The topological polar surface area (TPSA) is 102 Å². The molecule has 0 amide bonds. The molecule has 0 bridgehead atoms. The van der Waals surface area contributed by atoms with Crippen LogP contribution in [0.15, 0.2) is 50.8 Å². The number of benzene rings is 2. The largest absolute Gasteiger partial charge is 0.383 e. The van der Waals surface area contributed by atoms with Gasteiger partial charge < -0.3 is 16.0 Å². The Balaban J connectivity index is 2.23. The smallest absolute Gasteiger partial charge is 0.336 e. The van der Waals surface area contributed by atoms with Gasteiger partial charge in [0.15, 0.2) is 5.43 Å². The van der Waals surface area contributed by atoms with Crippen LogP contribution in [0.3, 0.4) is 0 Å². The summed E-state index contributed by atoms with van der Waals surface area (Å²) in [6.07, 6.45) is 0. The minimum Gasteiger partial charge on any atom is -0.383 e. The molecule has 2 aromatic carbocycles. The molecule has 4 aromatic rings. The lowest BCUT2D eigenvalue weighted by molar-refractivity contribution is 0.376. The highest BCUT2D eigenvalue weighted by atomic mass is 16.2. The van der Waals surface area contributed by atoms with Crippen molar-refractivity contribution >= 4 is 32.9 Å². The summed E-state index contributed by atoms with van der Waals surface area (Å²) in [7, 11) is 3.77. The summed E-state index contributed by atoms with van der Waals surface area (Å²) >= 11 is 0. The SMILES string of the molecule is CN(C)CCn1c(=O)c2ccc(NCCN)c3c(=O)c4ccccc4n(c1=O)c23. The summed E-state index contributed by atoms with van der Waals surface area (Å²) in [4.78, 5) is 41.7. The van der Waals surface area contributed by atoms with Crippen molar-refractivity contribution in [3.05, 3.63) is 67.5 Å². The number of rotatable bonds is 6. The third kappa shape index (κ3) is 2.97. The minimum absolute atomic E-state index is 0.212. The third-order valence-electron chi connectivity index (χ3n) is 5.15. The minimum atomic E-state index is -0.443. The van der Waals surface area contributed by atoms with Crippen LogP contribution in [0.25, 0.3) is 27.2 Å². The van der Waals surface area contributed by atoms with Crippen LogP contribution in [0.4, 0.5) is 5.69 Å². The Morgan fingerprint density at radius 2 is 1.79 bits per heavy atom. The summed E-state index contributed by atoms with van der Waals surface area (Å²) in [6, 6.07) is 10.4. The third-order valence-corrected chi connectivity index (χ3v) is 5.15. The summed E-state index contributed by atoms with van der Waals surface area (Å²) in [5.74, 6) is 0.